The highest BCUT2D eigenvalue weighted by molar-refractivity contribution is 7.92. The Labute approximate surface area is 190 Å². The smallest absolute Gasteiger partial charge is 0.323 e. The van der Waals surface area contributed by atoms with Gasteiger partial charge in [0.05, 0.1) is 41.1 Å². The average Bonchev–Trinajstić information content (AvgIpc) is 3.16. The van der Waals surface area contributed by atoms with Crippen LogP contribution < -0.4 is 10.0 Å². The molecule has 2 N–H and O–H groups in total. The number of halogens is 4. The third-order valence-corrected chi connectivity index (χ3v) is 5.87. The second kappa shape index (κ2) is 8.67. The Kier molecular flexibility index (Phi) is 6.44. The van der Waals surface area contributed by atoms with Gasteiger partial charge in [0.1, 0.15) is 5.82 Å². The molecule has 1 aromatic carbocycles. The number of anilines is 2. The number of nitrogens with one attached hydrogen (secondary N) is 2. The van der Waals surface area contributed by atoms with Gasteiger partial charge < -0.3 is 5.32 Å². The molecule has 0 aliphatic rings. The Morgan fingerprint density at radius 1 is 1.09 bits per heavy atom. The van der Waals surface area contributed by atoms with Crippen molar-refractivity contribution in [2.24, 2.45) is 0 Å². The average molecular weight is 504 g/mol. The number of benzene rings is 1. The summed E-state index contributed by atoms with van der Waals surface area (Å²) in [5.74, 6) is -1.53. The minimum Gasteiger partial charge on any atom is -0.323 e. The molecule has 3 rings (SSSR count). The Hall–Kier alpha value is -3.13. The van der Waals surface area contributed by atoms with E-state index in [-0.39, 0.29) is 27.8 Å². The predicted octanol–water partition coefficient (Wildman–Crippen LogP) is 4.05. The third kappa shape index (κ3) is 5.82. The van der Waals surface area contributed by atoms with E-state index in [2.05, 4.69) is 25.0 Å². The molecular formula is C19H17F4N5O3S2. The van der Waals surface area contributed by atoms with Crippen LogP contribution >= 0.6 is 11.3 Å². The molecule has 2 aromatic heterocycles. The minimum atomic E-state index is -4.70. The normalized spacial score (nSPS) is 12.5. The molecule has 2 heterocycles. The van der Waals surface area contributed by atoms with Crippen LogP contribution in [0.15, 0.2) is 36.0 Å². The number of carbonyl (C=O) groups excluding carboxylic acids is 1. The Morgan fingerprint density at radius 2 is 1.79 bits per heavy atom. The Morgan fingerprint density at radius 3 is 2.39 bits per heavy atom. The molecule has 0 saturated heterocycles. The summed E-state index contributed by atoms with van der Waals surface area (Å²) in [5, 5.41) is 3.99. The largest absolute Gasteiger partial charge is 0.434 e. The maximum atomic E-state index is 14.6. The topological polar surface area (TPSA) is 114 Å². The molecule has 3 aromatic rings. The summed E-state index contributed by atoms with van der Waals surface area (Å²) in [5.41, 5.74) is -2.57. The van der Waals surface area contributed by atoms with Crippen molar-refractivity contribution in [2.75, 3.05) is 16.3 Å². The zero-order valence-corrected chi connectivity index (χ0v) is 19.0. The van der Waals surface area contributed by atoms with Crippen LogP contribution in [-0.4, -0.2) is 35.5 Å². The van der Waals surface area contributed by atoms with Crippen LogP contribution in [0.4, 0.5) is 28.4 Å². The summed E-state index contributed by atoms with van der Waals surface area (Å²) in [6.45, 7) is 3.04. The van der Waals surface area contributed by atoms with Crippen molar-refractivity contribution in [1.29, 1.82) is 0 Å². The monoisotopic (exact) mass is 503 g/mol. The number of hydrogen-bond donors (Lipinski definition) is 2. The number of aromatic nitrogens is 3. The number of thiazole rings is 1. The number of nitrogens with zero attached hydrogens (tertiary/aromatic N) is 3. The van der Waals surface area contributed by atoms with E-state index in [0.717, 1.165) is 29.9 Å². The van der Waals surface area contributed by atoms with E-state index in [0.29, 0.717) is 6.20 Å². The van der Waals surface area contributed by atoms with Crippen LogP contribution in [0.25, 0.3) is 11.3 Å². The van der Waals surface area contributed by atoms with E-state index >= 15 is 0 Å². The zero-order chi connectivity index (χ0) is 24.6. The van der Waals surface area contributed by atoms with Gasteiger partial charge in [0.15, 0.2) is 10.8 Å². The molecule has 0 radical (unpaired) electrons. The highest BCUT2D eigenvalue weighted by Crippen LogP contribution is 2.31. The first-order chi connectivity index (χ1) is 15.2. The maximum Gasteiger partial charge on any atom is 0.434 e. The third-order valence-electron chi connectivity index (χ3n) is 4.42. The van der Waals surface area contributed by atoms with Crippen molar-refractivity contribution < 1.29 is 30.8 Å². The maximum absolute atomic E-state index is 14.6. The molecule has 176 valence electrons. The van der Waals surface area contributed by atoms with Crippen LogP contribution in [0.5, 0.6) is 0 Å². The SMILES string of the molecule is CC(C)(C(=O)Nc1ccc(-c2cncc(C(F)(F)F)n2)cc1F)c1csc(NS(C)(=O)=O)n1. The highest BCUT2D eigenvalue weighted by Gasteiger charge is 2.34. The van der Waals surface area contributed by atoms with E-state index in [1.807, 2.05) is 0 Å². The molecule has 0 spiro atoms. The second-order valence-corrected chi connectivity index (χ2v) is 10.1. The van der Waals surface area contributed by atoms with Crippen molar-refractivity contribution in [2.45, 2.75) is 25.4 Å². The molecule has 33 heavy (non-hydrogen) atoms. The highest BCUT2D eigenvalue weighted by atomic mass is 32.2. The quantitative estimate of drug-likeness (QED) is 0.491. The predicted molar refractivity (Wildman–Crippen MR) is 115 cm³/mol. The fourth-order valence-corrected chi connectivity index (χ4v) is 4.31. The van der Waals surface area contributed by atoms with Crippen molar-refractivity contribution in [1.82, 2.24) is 15.0 Å². The first-order valence-corrected chi connectivity index (χ1v) is 11.9. The van der Waals surface area contributed by atoms with E-state index in [1.54, 1.807) is 0 Å². The van der Waals surface area contributed by atoms with E-state index in [1.165, 1.54) is 31.4 Å². The number of alkyl halides is 3. The molecule has 0 unspecified atom stereocenters. The van der Waals surface area contributed by atoms with Crippen LogP contribution in [0.2, 0.25) is 0 Å². The molecule has 0 fully saturated rings. The molecule has 0 aliphatic carbocycles. The molecule has 1 amide bonds. The summed E-state index contributed by atoms with van der Waals surface area (Å²) >= 11 is 0.984. The summed E-state index contributed by atoms with van der Waals surface area (Å²) in [4.78, 5) is 23.8. The van der Waals surface area contributed by atoms with Gasteiger partial charge in [0, 0.05) is 10.9 Å². The van der Waals surface area contributed by atoms with Gasteiger partial charge in [0.25, 0.3) is 0 Å². The van der Waals surface area contributed by atoms with Crippen LogP contribution in [0.3, 0.4) is 0 Å². The molecule has 8 nitrogen and oxygen atoms in total. The zero-order valence-electron chi connectivity index (χ0n) is 17.4. The summed E-state index contributed by atoms with van der Waals surface area (Å²) in [6, 6.07) is 3.43. The lowest BCUT2D eigenvalue weighted by Gasteiger charge is -2.22. The molecule has 0 atom stereocenters. The van der Waals surface area contributed by atoms with Gasteiger partial charge in [0.2, 0.25) is 15.9 Å². The number of amides is 1. The van der Waals surface area contributed by atoms with Crippen molar-refractivity contribution in [3.05, 3.63) is 53.2 Å². The Balaban J connectivity index is 1.81. The van der Waals surface area contributed by atoms with Gasteiger partial charge in [-0.25, -0.2) is 22.8 Å². The summed E-state index contributed by atoms with van der Waals surface area (Å²) < 4.78 is 78.1. The van der Waals surface area contributed by atoms with Crippen molar-refractivity contribution in [3.63, 3.8) is 0 Å². The van der Waals surface area contributed by atoms with Crippen molar-refractivity contribution >= 4 is 38.1 Å². The lowest BCUT2D eigenvalue weighted by Crippen LogP contribution is -2.35. The number of hydrogen-bond acceptors (Lipinski definition) is 7. The van der Waals surface area contributed by atoms with Gasteiger partial charge in [-0.15, -0.1) is 11.3 Å². The number of rotatable bonds is 6. The van der Waals surface area contributed by atoms with Crippen LogP contribution in [-0.2, 0) is 26.4 Å². The number of carbonyl (C=O) groups is 1. The van der Waals surface area contributed by atoms with Crippen LogP contribution in [0.1, 0.15) is 25.2 Å². The van der Waals surface area contributed by atoms with Crippen LogP contribution in [0, 0.1) is 5.82 Å². The summed E-state index contributed by atoms with van der Waals surface area (Å²) in [7, 11) is -3.55. The molecule has 0 bridgehead atoms. The second-order valence-electron chi connectivity index (χ2n) is 7.47. The van der Waals surface area contributed by atoms with Gasteiger partial charge in [-0.05, 0) is 26.0 Å². The van der Waals surface area contributed by atoms with E-state index in [9.17, 15) is 30.8 Å². The summed E-state index contributed by atoms with van der Waals surface area (Å²) in [6.07, 6.45) is -2.11. The fourth-order valence-electron chi connectivity index (χ4n) is 2.58. The minimum absolute atomic E-state index is 0.0411. The van der Waals surface area contributed by atoms with E-state index in [4.69, 9.17) is 0 Å². The van der Waals surface area contributed by atoms with Gasteiger partial charge in [-0.2, -0.15) is 13.2 Å². The molecule has 0 saturated carbocycles. The van der Waals surface area contributed by atoms with Crippen molar-refractivity contribution in [3.8, 4) is 11.3 Å². The molecule has 0 aliphatic heterocycles. The van der Waals surface area contributed by atoms with E-state index < -0.39 is 39.0 Å². The van der Waals surface area contributed by atoms with Gasteiger partial charge in [-0.3, -0.25) is 14.5 Å². The first-order valence-electron chi connectivity index (χ1n) is 9.11. The number of sulfonamides is 1. The molecule has 14 heteroatoms. The lowest BCUT2D eigenvalue weighted by atomic mass is 9.89. The lowest BCUT2D eigenvalue weighted by molar-refractivity contribution is -0.141. The molecular weight excluding hydrogens is 486 g/mol. The van der Waals surface area contributed by atoms with Gasteiger partial charge in [-0.1, -0.05) is 6.07 Å². The Bertz CT molecular complexity index is 1310. The first kappa shape index (κ1) is 24.5. The standard InChI is InChI=1S/C19H17F4N5O3S2/c1-18(2,15-9-32-17(27-15)28-33(3,30)31)16(29)26-12-5-4-10(6-11(12)20)13-7-24-8-14(25-13)19(21,22)23/h4-9H,1-3H3,(H,26,29)(H,27,28). The fraction of sp³-hybridized carbons (Fsp3) is 0.263. The van der Waals surface area contributed by atoms with Gasteiger partial charge >= 0.3 is 6.18 Å².